The molecule has 1 unspecified atom stereocenters. The van der Waals surface area contributed by atoms with Gasteiger partial charge in [0.05, 0.1) is 13.2 Å². The number of carbonyl (C=O) groups excluding carboxylic acids is 2. The van der Waals surface area contributed by atoms with Gasteiger partial charge in [-0.2, -0.15) is 0 Å². The number of amides is 1. The highest BCUT2D eigenvalue weighted by molar-refractivity contribution is 5.81. The highest BCUT2D eigenvalue weighted by atomic mass is 16.6. The summed E-state index contributed by atoms with van der Waals surface area (Å²) in [6, 6.07) is 18.5. The summed E-state index contributed by atoms with van der Waals surface area (Å²) in [7, 11) is 0. The van der Waals surface area contributed by atoms with Crippen molar-refractivity contribution in [2.75, 3.05) is 19.8 Å². The van der Waals surface area contributed by atoms with Crippen LogP contribution in [0, 0.1) is 0 Å². The van der Waals surface area contributed by atoms with E-state index in [1.165, 1.54) is 0 Å². The van der Waals surface area contributed by atoms with Crippen LogP contribution in [0.2, 0.25) is 0 Å². The second kappa shape index (κ2) is 13.1. The van der Waals surface area contributed by atoms with Crippen LogP contribution >= 0.6 is 0 Å². The van der Waals surface area contributed by atoms with Crippen LogP contribution in [0.1, 0.15) is 31.9 Å². The molecule has 170 valence electrons. The zero-order chi connectivity index (χ0) is 23.2. The lowest BCUT2D eigenvalue weighted by molar-refractivity contribution is -0.146. The minimum atomic E-state index is -0.986. The number of esters is 1. The van der Waals surface area contributed by atoms with Gasteiger partial charge in [-0.1, -0.05) is 78.9 Å². The van der Waals surface area contributed by atoms with Gasteiger partial charge in [0.15, 0.2) is 6.04 Å². The van der Waals surface area contributed by atoms with Crippen molar-refractivity contribution in [1.82, 2.24) is 5.32 Å². The summed E-state index contributed by atoms with van der Waals surface area (Å²) in [5.74, 6) is -0.597. The quantitative estimate of drug-likeness (QED) is 0.424. The van der Waals surface area contributed by atoms with Gasteiger partial charge < -0.3 is 19.5 Å². The number of nitrogens with one attached hydrogen (secondary N) is 1. The van der Waals surface area contributed by atoms with Crippen molar-refractivity contribution in [2.24, 2.45) is 0 Å². The standard InChI is InChI=1S/C26H31NO5/c1-26(2,3)32-25(29)27-23(20-30-18-10-16-21-12-6-4-7-13-21)24(28)31-19-11-17-22-14-8-5-9-15-22/h4-17,23H,18-20H2,1-3H3,(H,27,29). The minimum Gasteiger partial charge on any atom is -0.460 e. The lowest BCUT2D eigenvalue weighted by atomic mass is 10.2. The van der Waals surface area contributed by atoms with Crippen LogP contribution in [0.5, 0.6) is 0 Å². The van der Waals surface area contributed by atoms with E-state index >= 15 is 0 Å². The molecule has 0 saturated carbocycles. The maximum absolute atomic E-state index is 12.5. The van der Waals surface area contributed by atoms with Crippen molar-refractivity contribution in [1.29, 1.82) is 0 Å². The summed E-state index contributed by atoms with van der Waals surface area (Å²) >= 11 is 0. The number of benzene rings is 2. The van der Waals surface area contributed by atoms with Gasteiger partial charge >= 0.3 is 12.1 Å². The van der Waals surface area contributed by atoms with Crippen LogP contribution in [-0.4, -0.2) is 43.5 Å². The SMILES string of the molecule is CC(C)(C)OC(=O)NC(COCC=Cc1ccccc1)C(=O)OCC=Cc1ccccc1. The maximum Gasteiger partial charge on any atom is 0.408 e. The number of ether oxygens (including phenoxy) is 3. The average molecular weight is 438 g/mol. The Balaban J connectivity index is 1.87. The van der Waals surface area contributed by atoms with E-state index in [9.17, 15) is 9.59 Å². The van der Waals surface area contributed by atoms with Crippen LogP contribution in [0.25, 0.3) is 12.2 Å². The smallest absolute Gasteiger partial charge is 0.408 e. The number of carbonyl (C=O) groups is 2. The summed E-state index contributed by atoms with van der Waals surface area (Å²) < 4.78 is 16.1. The predicted octanol–water partition coefficient (Wildman–Crippen LogP) is 4.87. The molecule has 0 fully saturated rings. The zero-order valence-electron chi connectivity index (χ0n) is 18.8. The van der Waals surface area contributed by atoms with Crippen LogP contribution in [0.3, 0.4) is 0 Å². The molecule has 0 bridgehead atoms. The van der Waals surface area contributed by atoms with Gasteiger partial charge in [0.25, 0.3) is 0 Å². The van der Waals surface area contributed by atoms with Crippen molar-refractivity contribution in [3.8, 4) is 0 Å². The van der Waals surface area contributed by atoms with E-state index in [1.54, 1.807) is 26.8 Å². The molecule has 32 heavy (non-hydrogen) atoms. The molecule has 6 nitrogen and oxygen atoms in total. The Morgan fingerprint density at radius 3 is 1.94 bits per heavy atom. The van der Waals surface area contributed by atoms with Gasteiger partial charge in [-0.15, -0.1) is 0 Å². The summed E-state index contributed by atoms with van der Waals surface area (Å²) in [4.78, 5) is 24.7. The van der Waals surface area contributed by atoms with Crippen LogP contribution in [0.4, 0.5) is 4.79 Å². The molecule has 0 heterocycles. The number of rotatable bonds is 10. The normalized spacial score (nSPS) is 12.6. The summed E-state index contributed by atoms with van der Waals surface area (Å²) in [5.41, 5.74) is 1.36. The fraction of sp³-hybridized carbons (Fsp3) is 0.308. The molecule has 0 saturated heterocycles. The van der Waals surface area contributed by atoms with E-state index in [1.807, 2.05) is 78.9 Å². The van der Waals surface area contributed by atoms with Crippen LogP contribution < -0.4 is 5.32 Å². The molecule has 0 radical (unpaired) electrons. The van der Waals surface area contributed by atoms with Gasteiger partial charge in [0.1, 0.15) is 12.2 Å². The Labute approximate surface area is 189 Å². The highest BCUT2D eigenvalue weighted by Crippen LogP contribution is 2.07. The lowest BCUT2D eigenvalue weighted by Gasteiger charge is -2.22. The first kappa shape index (κ1) is 24.9. The third-order valence-corrected chi connectivity index (χ3v) is 4.02. The van der Waals surface area contributed by atoms with Crippen molar-refractivity contribution < 1.29 is 23.8 Å². The zero-order valence-corrected chi connectivity index (χ0v) is 18.8. The largest absolute Gasteiger partial charge is 0.460 e. The Morgan fingerprint density at radius 1 is 0.875 bits per heavy atom. The van der Waals surface area contributed by atoms with Crippen molar-refractivity contribution >= 4 is 24.2 Å². The monoisotopic (exact) mass is 437 g/mol. The first-order valence-electron chi connectivity index (χ1n) is 10.5. The number of alkyl carbamates (subject to hydrolysis) is 1. The Morgan fingerprint density at radius 2 is 1.41 bits per heavy atom. The molecular formula is C26H31NO5. The van der Waals surface area contributed by atoms with Crippen molar-refractivity contribution in [2.45, 2.75) is 32.4 Å². The van der Waals surface area contributed by atoms with Crippen LogP contribution in [0.15, 0.2) is 72.8 Å². The molecule has 0 spiro atoms. The van der Waals surface area contributed by atoms with Gasteiger partial charge in [0.2, 0.25) is 0 Å². The fourth-order valence-corrected chi connectivity index (χ4v) is 2.60. The molecule has 1 amide bonds. The minimum absolute atomic E-state index is 0.0421. The first-order valence-corrected chi connectivity index (χ1v) is 10.5. The summed E-state index contributed by atoms with van der Waals surface area (Å²) in [6.45, 7) is 5.56. The lowest BCUT2D eigenvalue weighted by Crippen LogP contribution is -2.47. The van der Waals surface area contributed by atoms with E-state index in [-0.39, 0.29) is 19.8 Å². The van der Waals surface area contributed by atoms with Gasteiger partial charge in [-0.25, -0.2) is 9.59 Å². The number of hydrogen-bond donors (Lipinski definition) is 1. The maximum atomic E-state index is 12.5. The molecule has 0 aliphatic carbocycles. The van der Waals surface area contributed by atoms with Gasteiger partial charge in [-0.05, 0) is 38.0 Å². The third-order valence-electron chi connectivity index (χ3n) is 4.02. The summed E-state index contributed by atoms with van der Waals surface area (Å²) in [6.07, 6.45) is 6.65. The van der Waals surface area contributed by atoms with E-state index in [2.05, 4.69) is 5.32 Å². The van der Waals surface area contributed by atoms with Gasteiger partial charge in [0, 0.05) is 0 Å². The van der Waals surface area contributed by atoms with Crippen molar-refractivity contribution in [3.63, 3.8) is 0 Å². The molecular weight excluding hydrogens is 406 g/mol. The Kier molecular flexibility index (Phi) is 10.2. The third kappa shape index (κ3) is 10.6. The van der Waals surface area contributed by atoms with E-state index < -0.39 is 23.7 Å². The second-order valence-electron chi connectivity index (χ2n) is 7.99. The van der Waals surface area contributed by atoms with E-state index in [0.717, 1.165) is 11.1 Å². The average Bonchev–Trinajstić information content (AvgIpc) is 2.75. The molecule has 1 N–H and O–H groups in total. The topological polar surface area (TPSA) is 73.9 Å². The summed E-state index contributed by atoms with van der Waals surface area (Å²) in [5, 5.41) is 2.53. The predicted molar refractivity (Wildman–Crippen MR) is 126 cm³/mol. The second-order valence-corrected chi connectivity index (χ2v) is 7.99. The van der Waals surface area contributed by atoms with Crippen LogP contribution in [-0.2, 0) is 19.0 Å². The fourth-order valence-electron chi connectivity index (χ4n) is 2.60. The van der Waals surface area contributed by atoms with E-state index in [4.69, 9.17) is 14.2 Å². The van der Waals surface area contributed by atoms with Crippen molar-refractivity contribution in [3.05, 3.63) is 83.9 Å². The molecule has 0 aromatic heterocycles. The van der Waals surface area contributed by atoms with E-state index in [0.29, 0.717) is 0 Å². The Hall–Kier alpha value is -3.38. The molecule has 2 rings (SSSR count). The molecule has 2 aromatic rings. The molecule has 1 atom stereocenters. The highest BCUT2D eigenvalue weighted by Gasteiger charge is 2.25. The molecule has 2 aromatic carbocycles. The molecule has 0 aliphatic heterocycles. The first-order chi connectivity index (χ1) is 15.3. The molecule has 6 heteroatoms. The number of hydrogen-bond acceptors (Lipinski definition) is 5. The van der Waals surface area contributed by atoms with Gasteiger partial charge in [-0.3, -0.25) is 0 Å². The molecule has 0 aliphatic rings. The Bertz CT molecular complexity index is 885.